The average molecular weight is 493 g/mol. The summed E-state index contributed by atoms with van der Waals surface area (Å²) < 4.78 is 35.3. The van der Waals surface area contributed by atoms with E-state index in [1.165, 1.54) is 6.26 Å². The zero-order valence-corrected chi connectivity index (χ0v) is 20.9. The van der Waals surface area contributed by atoms with Gasteiger partial charge in [0.05, 0.1) is 5.75 Å². The third-order valence-corrected chi connectivity index (χ3v) is 7.23. The lowest BCUT2D eigenvalue weighted by Gasteiger charge is -2.17. The summed E-state index contributed by atoms with van der Waals surface area (Å²) >= 11 is 6.59. The minimum atomic E-state index is -3.07. The highest BCUT2D eigenvalue weighted by Gasteiger charge is 2.18. The van der Waals surface area contributed by atoms with Crippen molar-refractivity contribution in [2.75, 3.05) is 12.0 Å². The normalized spacial score (nSPS) is 11.8. The van der Waals surface area contributed by atoms with Crippen molar-refractivity contribution in [2.45, 2.75) is 53.1 Å². The molecule has 2 aromatic carbocycles. The van der Waals surface area contributed by atoms with Crippen LogP contribution in [0.5, 0.6) is 5.75 Å². The molecule has 1 heterocycles. The second-order valence-electron chi connectivity index (χ2n) is 8.48. The van der Waals surface area contributed by atoms with Crippen LogP contribution in [0, 0.1) is 20.8 Å². The highest BCUT2D eigenvalue weighted by molar-refractivity contribution is 7.90. The van der Waals surface area contributed by atoms with Gasteiger partial charge in [-0.25, -0.2) is 8.42 Å². The van der Waals surface area contributed by atoms with E-state index in [0.717, 1.165) is 39.0 Å². The fourth-order valence-corrected chi connectivity index (χ4v) is 4.98. The summed E-state index contributed by atoms with van der Waals surface area (Å²) in [6.07, 6.45) is 2.71. The zero-order valence-electron chi connectivity index (χ0n) is 19.3. The van der Waals surface area contributed by atoms with Gasteiger partial charge >= 0.3 is 5.97 Å². The molecule has 0 atom stereocenters. The Bertz CT molecular complexity index is 1290. The van der Waals surface area contributed by atoms with Crippen LogP contribution >= 0.6 is 11.6 Å². The van der Waals surface area contributed by atoms with Crippen molar-refractivity contribution >= 4 is 38.4 Å². The van der Waals surface area contributed by atoms with Crippen LogP contribution in [0.1, 0.15) is 46.4 Å². The van der Waals surface area contributed by atoms with Crippen LogP contribution in [0.25, 0.3) is 11.0 Å². The Morgan fingerprint density at radius 2 is 1.82 bits per heavy atom. The smallest absolute Gasteiger partial charge is 0.303 e. The molecule has 0 saturated heterocycles. The first-order valence-electron chi connectivity index (χ1n) is 10.8. The Kier molecular flexibility index (Phi) is 7.75. The number of hydrogen-bond acceptors (Lipinski definition) is 5. The lowest BCUT2D eigenvalue weighted by molar-refractivity contribution is -0.136. The van der Waals surface area contributed by atoms with Crippen molar-refractivity contribution < 1.29 is 27.5 Å². The highest BCUT2D eigenvalue weighted by atomic mass is 35.5. The minimum absolute atomic E-state index is 0.0783. The summed E-state index contributed by atoms with van der Waals surface area (Å²) in [5.74, 6) is 0.708. The van der Waals surface area contributed by atoms with Gasteiger partial charge in [0.25, 0.3) is 0 Å². The number of furan rings is 1. The molecule has 3 aromatic rings. The Morgan fingerprint density at radius 3 is 2.48 bits per heavy atom. The van der Waals surface area contributed by atoms with E-state index in [1.54, 1.807) is 0 Å². The Labute approximate surface area is 199 Å². The van der Waals surface area contributed by atoms with Crippen molar-refractivity contribution in [3.05, 3.63) is 62.9 Å². The van der Waals surface area contributed by atoms with Gasteiger partial charge in [-0.05, 0) is 80.5 Å². The molecule has 0 radical (unpaired) electrons. The number of aliphatic carboxylic acids is 1. The molecule has 0 aliphatic heterocycles. The molecule has 0 unspecified atom stereocenters. The Hall–Kier alpha value is -2.51. The van der Waals surface area contributed by atoms with E-state index in [2.05, 4.69) is 0 Å². The van der Waals surface area contributed by atoms with Crippen molar-refractivity contribution in [1.29, 1.82) is 0 Å². The van der Waals surface area contributed by atoms with Crippen molar-refractivity contribution in [3.8, 4) is 5.75 Å². The van der Waals surface area contributed by atoms with Gasteiger partial charge in [0, 0.05) is 28.6 Å². The number of carbonyl (C=O) groups is 1. The molecule has 0 aliphatic rings. The second-order valence-corrected chi connectivity index (χ2v) is 11.1. The van der Waals surface area contributed by atoms with Crippen molar-refractivity contribution in [2.24, 2.45) is 0 Å². The third-order valence-electron chi connectivity index (χ3n) is 5.86. The van der Waals surface area contributed by atoms with Gasteiger partial charge in [-0.2, -0.15) is 0 Å². The SMILES string of the molecule is Cc1cc2cc(Cl)c(CCCS(C)(=O)=O)c(COc3ccc(CCC(=O)O)c(C)c3C)c2o1. The number of benzene rings is 2. The predicted molar refractivity (Wildman–Crippen MR) is 130 cm³/mol. The molecule has 0 saturated carbocycles. The number of ether oxygens (including phenoxy) is 1. The summed E-state index contributed by atoms with van der Waals surface area (Å²) in [7, 11) is -3.07. The van der Waals surface area contributed by atoms with Crippen molar-refractivity contribution in [3.63, 3.8) is 0 Å². The standard InChI is InChI=1S/C25H29ClO6S/c1-15-12-19-13-22(26)20(6-5-11-33(4,29)30)21(25(19)32-15)14-31-23-9-7-18(8-10-24(27)28)16(2)17(23)3/h7,9,12-13H,5-6,8,10-11,14H2,1-4H3,(H,27,28). The Balaban J connectivity index is 1.90. The number of carboxylic acids is 1. The van der Waals surface area contributed by atoms with E-state index in [-0.39, 0.29) is 18.8 Å². The molecule has 8 heteroatoms. The van der Waals surface area contributed by atoms with E-state index >= 15 is 0 Å². The first kappa shape index (κ1) is 25.1. The number of halogens is 1. The average Bonchev–Trinajstić information content (AvgIpc) is 3.08. The van der Waals surface area contributed by atoms with E-state index in [1.807, 2.05) is 45.0 Å². The number of hydrogen-bond donors (Lipinski definition) is 1. The van der Waals surface area contributed by atoms with Crippen LogP contribution in [-0.2, 0) is 34.1 Å². The fraction of sp³-hybridized carbons (Fsp3) is 0.400. The molecule has 3 rings (SSSR count). The second kappa shape index (κ2) is 10.2. The van der Waals surface area contributed by atoms with Crippen LogP contribution in [-0.4, -0.2) is 31.5 Å². The summed E-state index contributed by atoms with van der Waals surface area (Å²) in [6.45, 7) is 5.99. The maximum Gasteiger partial charge on any atom is 0.303 e. The largest absolute Gasteiger partial charge is 0.488 e. The first-order valence-corrected chi connectivity index (χ1v) is 13.2. The van der Waals surface area contributed by atoms with E-state index in [9.17, 15) is 13.2 Å². The van der Waals surface area contributed by atoms with Gasteiger partial charge in [0.1, 0.15) is 33.5 Å². The summed E-state index contributed by atoms with van der Waals surface area (Å²) in [5, 5.41) is 10.4. The van der Waals surface area contributed by atoms with Crippen LogP contribution in [0.4, 0.5) is 0 Å². The highest BCUT2D eigenvalue weighted by Crippen LogP contribution is 2.34. The molecule has 0 aliphatic carbocycles. The zero-order chi connectivity index (χ0) is 24.3. The maximum atomic E-state index is 11.6. The van der Waals surface area contributed by atoms with Crippen LogP contribution < -0.4 is 4.74 Å². The molecule has 1 aromatic heterocycles. The minimum Gasteiger partial charge on any atom is -0.488 e. The van der Waals surface area contributed by atoms with E-state index in [0.29, 0.717) is 35.6 Å². The van der Waals surface area contributed by atoms with Gasteiger partial charge in [0.15, 0.2) is 0 Å². The molecular weight excluding hydrogens is 464 g/mol. The number of sulfone groups is 1. The van der Waals surface area contributed by atoms with Gasteiger partial charge in [-0.1, -0.05) is 17.7 Å². The van der Waals surface area contributed by atoms with E-state index in [4.69, 9.17) is 25.9 Å². The van der Waals surface area contributed by atoms with E-state index < -0.39 is 15.8 Å². The summed E-state index contributed by atoms with van der Waals surface area (Å²) in [4.78, 5) is 10.9. The molecule has 33 heavy (non-hydrogen) atoms. The number of rotatable bonds is 10. The van der Waals surface area contributed by atoms with Crippen LogP contribution in [0.3, 0.4) is 0 Å². The predicted octanol–water partition coefficient (Wildman–Crippen LogP) is 5.58. The molecule has 0 spiro atoms. The topological polar surface area (TPSA) is 93.8 Å². The van der Waals surface area contributed by atoms with Gasteiger partial charge in [-0.15, -0.1) is 0 Å². The molecule has 0 amide bonds. The first-order chi connectivity index (χ1) is 15.5. The molecule has 178 valence electrons. The quantitative estimate of drug-likeness (QED) is 0.396. The number of fused-ring (bicyclic) bond motifs is 1. The summed E-state index contributed by atoms with van der Waals surface area (Å²) in [5.41, 5.74) is 5.27. The Morgan fingerprint density at radius 1 is 1.09 bits per heavy atom. The molecule has 0 fully saturated rings. The molecule has 1 N–H and O–H groups in total. The number of aryl methyl sites for hydroxylation is 2. The van der Waals surface area contributed by atoms with Crippen LogP contribution in [0.2, 0.25) is 5.02 Å². The lowest BCUT2D eigenvalue weighted by atomic mass is 9.98. The summed E-state index contributed by atoms with van der Waals surface area (Å²) in [6, 6.07) is 7.52. The van der Waals surface area contributed by atoms with Gasteiger partial charge in [0.2, 0.25) is 0 Å². The number of carboxylic acid groups (broad SMARTS) is 1. The fourth-order valence-electron chi connectivity index (χ4n) is 3.99. The third kappa shape index (κ3) is 6.30. The maximum absolute atomic E-state index is 11.6. The molecular formula is C25H29ClO6S. The van der Waals surface area contributed by atoms with Gasteiger partial charge < -0.3 is 14.3 Å². The monoisotopic (exact) mass is 492 g/mol. The molecule has 6 nitrogen and oxygen atoms in total. The molecule has 0 bridgehead atoms. The lowest BCUT2D eigenvalue weighted by Crippen LogP contribution is -2.08. The van der Waals surface area contributed by atoms with Gasteiger partial charge in [-0.3, -0.25) is 4.79 Å². The van der Waals surface area contributed by atoms with Crippen molar-refractivity contribution in [1.82, 2.24) is 0 Å². The van der Waals surface area contributed by atoms with Crippen LogP contribution in [0.15, 0.2) is 28.7 Å².